The Morgan fingerprint density at radius 1 is 0.676 bits per heavy atom. The predicted octanol–water partition coefficient (Wildman–Crippen LogP) is 6.85. The monoisotopic (exact) mass is 444 g/mol. The molecule has 0 fully saturated rings. The fourth-order valence-corrected chi connectivity index (χ4v) is 3.92. The Kier molecular flexibility index (Phi) is 5.99. The third-order valence-corrected chi connectivity index (χ3v) is 5.66. The van der Waals surface area contributed by atoms with Gasteiger partial charge >= 0.3 is 6.03 Å². The smallest absolute Gasteiger partial charge is 0.319 e. The van der Waals surface area contributed by atoms with Gasteiger partial charge < -0.3 is 10.6 Å². The summed E-state index contributed by atoms with van der Waals surface area (Å²) in [6, 6.07) is 35.2. The lowest BCUT2D eigenvalue weighted by atomic mass is 10.0. The van der Waals surface area contributed by atoms with E-state index in [9.17, 15) is 4.79 Å². The fraction of sp³-hybridized carbons (Fsp3) is 0.0690. The molecule has 0 bridgehead atoms. The largest absolute Gasteiger partial charge is 0.331 e. The van der Waals surface area contributed by atoms with Crippen LogP contribution in [0, 0.1) is 0 Å². The Morgan fingerprint density at radius 3 is 1.79 bits per heavy atom. The average Bonchev–Trinajstić information content (AvgIpc) is 2.89. The molecule has 1 heterocycles. The number of hydrogen-bond donors (Lipinski definition) is 2. The summed E-state index contributed by atoms with van der Waals surface area (Å²) in [4.78, 5) is 22.5. The molecule has 1 atom stereocenters. The summed E-state index contributed by atoms with van der Waals surface area (Å²) in [7, 11) is 0. The average molecular weight is 445 g/mol. The van der Waals surface area contributed by atoms with Gasteiger partial charge in [0.15, 0.2) is 0 Å². The molecule has 1 aromatic heterocycles. The molecule has 166 valence electrons. The quantitative estimate of drug-likeness (QED) is 0.312. The van der Waals surface area contributed by atoms with E-state index in [0.29, 0.717) is 11.2 Å². The molecule has 0 radical (unpaired) electrons. The van der Waals surface area contributed by atoms with Crippen molar-refractivity contribution in [2.45, 2.75) is 13.0 Å². The third kappa shape index (κ3) is 4.64. The van der Waals surface area contributed by atoms with Crippen LogP contribution >= 0.6 is 0 Å². The second-order valence-electron chi connectivity index (χ2n) is 8.09. The molecule has 0 saturated carbocycles. The lowest BCUT2D eigenvalue weighted by Gasteiger charge is -2.15. The molecule has 0 saturated heterocycles. The van der Waals surface area contributed by atoms with Gasteiger partial charge in [0.1, 0.15) is 0 Å². The highest BCUT2D eigenvalue weighted by atomic mass is 16.2. The van der Waals surface area contributed by atoms with Crippen LogP contribution < -0.4 is 10.6 Å². The number of hydrogen-bond acceptors (Lipinski definition) is 3. The van der Waals surface area contributed by atoms with Gasteiger partial charge in [0.05, 0.1) is 28.5 Å². The summed E-state index contributed by atoms with van der Waals surface area (Å²) >= 11 is 0. The molecule has 0 aliphatic heterocycles. The summed E-state index contributed by atoms with van der Waals surface area (Å²) < 4.78 is 0. The molecule has 2 amide bonds. The van der Waals surface area contributed by atoms with Gasteiger partial charge in [-0.1, -0.05) is 91.0 Å². The van der Waals surface area contributed by atoms with Crippen LogP contribution in [0.5, 0.6) is 0 Å². The van der Waals surface area contributed by atoms with E-state index in [2.05, 4.69) is 10.6 Å². The second kappa shape index (κ2) is 9.55. The Balaban J connectivity index is 1.46. The van der Waals surface area contributed by atoms with Crippen LogP contribution in [0.2, 0.25) is 0 Å². The Labute approximate surface area is 198 Å². The van der Waals surface area contributed by atoms with E-state index in [4.69, 9.17) is 9.97 Å². The Hall–Kier alpha value is -4.51. The number of amides is 2. The van der Waals surface area contributed by atoms with Crippen molar-refractivity contribution in [1.82, 2.24) is 15.3 Å². The molecule has 5 heteroatoms. The molecule has 5 rings (SSSR count). The number of urea groups is 1. The van der Waals surface area contributed by atoms with Crippen LogP contribution in [0.4, 0.5) is 10.5 Å². The number of aromatic nitrogens is 2. The number of fused-ring (bicyclic) bond motifs is 1. The molecule has 2 N–H and O–H groups in total. The number of rotatable bonds is 5. The Morgan fingerprint density at radius 2 is 1.21 bits per heavy atom. The highest BCUT2D eigenvalue weighted by molar-refractivity contribution is 5.93. The Bertz CT molecular complexity index is 1420. The van der Waals surface area contributed by atoms with Crippen molar-refractivity contribution in [2.24, 2.45) is 0 Å². The van der Waals surface area contributed by atoms with Gasteiger partial charge in [0.25, 0.3) is 0 Å². The number of benzene rings is 4. The minimum absolute atomic E-state index is 0.112. The van der Waals surface area contributed by atoms with Gasteiger partial charge in [0.2, 0.25) is 0 Å². The van der Waals surface area contributed by atoms with Crippen LogP contribution in [0.3, 0.4) is 0 Å². The third-order valence-electron chi connectivity index (χ3n) is 5.66. The molecule has 0 spiro atoms. The summed E-state index contributed by atoms with van der Waals surface area (Å²) in [6.07, 6.45) is 0. The van der Waals surface area contributed by atoms with Crippen LogP contribution in [-0.2, 0) is 0 Å². The maximum atomic E-state index is 12.6. The molecule has 4 aromatic carbocycles. The molecular formula is C29H24N4O. The van der Waals surface area contributed by atoms with Crippen molar-refractivity contribution in [3.63, 3.8) is 0 Å². The summed E-state index contributed by atoms with van der Waals surface area (Å²) in [6.45, 7) is 1.96. The molecule has 0 aliphatic rings. The van der Waals surface area contributed by atoms with E-state index in [0.717, 1.165) is 33.6 Å². The fourth-order valence-electron chi connectivity index (χ4n) is 3.92. The zero-order valence-electron chi connectivity index (χ0n) is 18.8. The predicted molar refractivity (Wildman–Crippen MR) is 137 cm³/mol. The van der Waals surface area contributed by atoms with E-state index < -0.39 is 0 Å². The van der Waals surface area contributed by atoms with Crippen LogP contribution in [0.15, 0.2) is 109 Å². The van der Waals surface area contributed by atoms with Crippen LogP contribution in [0.25, 0.3) is 33.5 Å². The molecular weight excluding hydrogens is 420 g/mol. The van der Waals surface area contributed by atoms with Gasteiger partial charge in [-0.05, 0) is 30.7 Å². The minimum atomic E-state index is -0.271. The van der Waals surface area contributed by atoms with Crippen LogP contribution in [0.1, 0.15) is 18.5 Å². The number of carbonyl (C=O) groups excluding carboxylic acids is 1. The van der Waals surface area contributed by atoms with Crippen molar-refractivity contribution >= 4 is 22.8 Å². The number of nitrogens with one attached hydrogen (secondary N) is 2. The highest BCUT2D eigenvalue weighted by Gasteiger charge is 2.14. The number of nitrogens with zero attached hydrogens (tertiary/aromatic N) is 2. The van der Waals surface area contributed by atoms with Gasteiger partial charge in [-0.3, -0.25) is 0 Å². The first kappa shape index (κ1) is 21.3. The maximum Gasteiger partial charge on any atom is 0.319 e. The first-order valence-corrected chi connectivity index (χ1v) is 11.2. The van der Waals surface area contributed by atoms with E-state index in [1.807, 2.05) is 116 Å². The van der Waals surface area contributed by atoms with Crippen molar-refractivity contribution in [3.05, 3.63) is 115 Å². The van der Waals surface area contributed by atoms with Crippen molar-refractivity contribution < 1.29 is 4.79 Å². The highest BCUT2D eigenvalue weighted by Crippen LogP contribution is 2.31. The first-order chi connectivity index (χ1) is 16.7. The summed E-state index contributed by atoms with van der Waals surface area (Å²) in [5, 5.41) is 5.90. The van der Waals surface area contributed by atoms with Gasteiger partial charge in [-0.25, -0.2) is 14.8 Å². The van der Waals surface area contributed by atoms with Crippen molar-refractivity contribution in [1.29, 1.82) is 0 Å². The minimum Gasteiger partial charge on any atom is -0.331 e. The standard InChI is InChI=1S/C29H24N4O/c1-20(21-11-5-2-6-12-21)30-29(34)31-24-17-18-25-26(19-24)33-28(23-15-9-4-10-16-23)27(32-25)22-13-7-3-8-14-22/h2-20H,1H3,(H2,30,31,34)/t20-/m1/s1. The maximum absolute atomic E-state index is 12.6. The van der Waals surface area contributed by atoms with Gasteiger partial charge in [-0.2, -0.15) is 0 Å². The second-order valence-corrected chi connectivity index (χ2v) is 8.09. The topological polar surface area (TPSA) is 66.9 Å². The van der Waals surface area contributed by atoms with Crippen molar-refractivity contribution in [3.8, 4) is 22.5 Å². The first-order valence-electron chi connectivity index (χ1n) is 11.2. The molecule has 0 aliphatic carbocycles. The zero-order chi connectivity index (χ0) is 23.3. The van der Waals surface area contributed by atoms with E-state index in [-0.39, 0.29) is 12.1 Å². The molecule has 5 nitrogen and oxygen atoms in total. The molecule has 5 aromatic rings. The van der Waals surface area contributed by atoms with Crippen molar-refractivity contribution in [2.75, 3.05) is 5.32 Å². The molecule has 0 unspecified atom stereocenters. The molecule has 34 heavy (non-hydrogen) atoms. The van der Waals surface area contributed by atoms with Gasteiger partial charge in [-0.15, -0.1) is 0 Å². The van der Waals surface area contributed by atoms with E-state index in [1.165, 1.54) is 0 Å². The van der Waals surface area contributed by atoms with E-state index in [1.54, 1.807) is 0 Å². The SMILES string of the molecule is C[C@@H](NC(=O)Nc1ccc2nc(-c3ccccc3)c(-c3ccccc3)nc2c1)c1ccccc1. The van der Waals surface area contributed by atoms with Crippen LogP contribution in [-0.4, -0.2) is 16.0 Å². The number of anilines is 1. The van der Waals surface area contributed by atoms with E-state index >= 15 is 0 Å². The summed E-state index contributed by atoms with van der Waals surface area (Å²) in [5.74, 6) is 0. The lowest BCUT2D eigenvalue weighted by Crippen LogP contribution is -2.31. The zero-order valence-corrected chi connectivity index (χ0v) is 18.8. The lowest BCUT2D eigenvalue weighted by molar-refractivity contribution is 0.249. The summed E-state index contributed by atoms with van der Waals surface area (Å²) in [5.41, 5.74) is 6.81. The number of carbonyl (C=O) groups is 1. The van der Waals surface area contributed by atoms with Gasteiger partial charge in [0, 0.05) is 16.8 Å². The normalized spacial score (nSPS) is 11.7.